The molecule has 7 heteroatoms. The second kappa shape index (κ2) is 6.70. The van der Waals surface area contributed by atoms with Crippen LogP contribution in [0.2, 0.25) is 0 Å². The number of carbonyl (C=O) groups is 1. The number of aryl methyl sites for hydroxylation is 1. The van der Waals surface area contributed by atoms with Crippen LogP contribution in [0.5, 0.6) is 0 Å². The van der Waals surface area contributed by atoms with Crippen LogP contribution >= 0.6 is 11.3 Å². The average Bonchev–Trinajstić information content (AvgIpc) is 2.84. The predicted molar refractivity (Wildman–Crippen MR) is 80.8 cm³/mol. The Morgan fingerprint density at radius 2 is 2.24 bits per heavy atom. The molecular formula is C14H18N4O2S. The Balaban J connectivity index is 2.06. The van der Waals surface area contributed by atoms with E-state index in [-0.39, 0.29) is 23.7 Å². The van der Waals surface area contributed by atoms with Gasteiger partial charge in [0.15, 0.2) is 5.13 Å². The fraction of sp³-hybridized carbons (Fsp3) is 0.500. The molecule has 0 saturated carbocycles. The SMILES string of the molecule is Cc1csc(N/C=C(/C#N)C(=O)N2CC(C)OC(C)C2)n1. The second-order valence-electron chi connectivity index (χ2n) is 5.08. The van der Waals surface area contributed by atoms with Gasteiger partial charge in [0.25, 0.3) is 5.91 Å². The van der Waals surface area contributed by atoms with E-state index < -0.39 is 0 Å². The molecule has 21 heavy (non-hydrogen) atoms. The van der Waals surface area contributed by atoms with Gasteiger partial charge in [-0.15, -0.1) is 11.3 Å². The van der Waals surface area contributed by atoms with Crippen molar-refractivity contribution in [1.29, 1.82) is 5.26 Å². The number of thiazole rings is 1. The maximum Gasteiger partial charge on any atom is 0.266 e. The van der Waals surface area contributed by atoms with Crippen LogP contribution in [0.3, 0.4) is 0 Å². The first-order valence-corrected chi connectivity index (χ1v) is 7.61. The maximum absolute atomic E-state index is 12.4. The molecule has 2 atom stereocenters. The average molecular weight is 306 g/mol. The fourth-order valence-electron chi connectivity index (χ4n) is 2.21. The first kappa shape index (κ1) is 15.5. The summed E-state index contributed by atoms with van der Waals surface area (Å²) in [5.74, 6) is -0.278. The van der Waals surface area contributed by atoms with Crippen molar-refractivity contribution in [1.82, 2.24) is 9.88 Å². The van der Waals surface area contributed by atoms with E-state index in [4.69, 9.17) is 4.74 Å². The summed E-state index contributed by atoms with van der Waals surface area (Å²) in [6.45, 7) is 6.72. The quantitative estimate of drug-likeness (QED) is 0.681. The van der Waals surface area contributed by atoms with Crippen molar-refractivity contribution >= 4 is 22.4 Å². The minimum atomic E-state index is -0.278. The Morgan fingerprint density at radius 3 is 2.76 bits per heavy atom. The van der Waals surface area contributed by atoms with Crippen molar-refractivity contribution in [3.63, 3.8) is 0 Å². The molecule has 2 unspecified atom stereocenters. The van der Waals surface area contributed by atoms with Gasteiger partial charge >= 0.3 is 0 Å². The highest BCUT2D eigenvalue weighted by atomic mass is 32.1. The molecule has 2 rings (SSSR count). The smallest absolute Gasteiger partial charge is 0.266 e. The zero-order chi connectivity index (χ0) is 15.4. The number of aromatic nitrogens is 1. The van der Waals surface area contributed by atoms with Crippen molar-refractivity contribution in [2.45, 2.75) is 33.0 Å². The lowest BCUT2D eigenvalue weighted by molar-refractivity contribution is -0.138. The highest BCUT2D eigenvalue weighted by Gasteiger charge is 2.27. The Bertz CT molecular complexity index is 580. The highest BCUT2D eigenvalue weighted by Crippen LogP contribution is 2.16. The number of nitrogens with one attached hydrogen (secondary N) is 1. The standard InChI is InChI=1S/C14H18N4O2S/c1-9-8-21-14(17-9)16-5-12(4-15)13(19)18-6-10(2)20-11(3)7-18/h5,8,10-11H,6-7H2,1-3H3,(H,16,17)/b12-5-. The monoisotopic (exact) mass is 306 g/mol. The van der Waals surface area contributed by atoms with Gasteiger partial charge in [-0.05, 0) is 20.8 Å². The number of carbonyl (C=O) groups excluding carboxylic acids is 1. The molecule has 1 aromatic rings. The van der Waals surface area contributed by atoms with Gasteiger partial charge in [-0.2, -0.15) is 5.26 Å². The van der Waals surface area contributed by atoms with Crippen molar-refractivity contribution in [2.24, 2.45) is 0 Å². The number of amides is 1. The molecule has 0 spiro atoms. The number of rotatable bonds is 3. The molecular weight excluding hydrogens is 288 g/mol. The third-order valence-corrected chi connectivity index (χ3v) is 3.91. The highest BCUT2D eigenvalue weighted by molar-refractivity contribution is 7.13. The molecule has 6 nitrogen and oxygen atoms in total. The summed E-state index contributed by atoms with van der Waals surface area (Å²) in [7, 11) is 0. The first-order chi connectivity index (χ1) is 9.99. The van der Waals surface area contributed by atoms with Gasteiger partial charge in [0.2, 0.25) is 0 Å². The molecule has 0 aromatic carbocycles. The van der Waals surface area contributed by atoms with Crippen molar-refractivity contribution < 1.29 is 9.53 Å². The number of hydrogen-bond acceptors (Lipinski definition) is 6. The molecule has 1 aliphatic heterocycles. The first-order valence-electron chi connectivity index (χ1n) is 6.73. The number of hydrogen-bond donors (Lipinski definition) is 1. The fourth-order valence-corrected chi connectivity index (χ4v) is 2.87. The molecule has 1 saturated heterocycles. The van der Waals surface area contributed by atoms with E-state index in [2.05, 4.69) is 10.3 Å². The number of ether oxygens (including phenoxy) is 1. The van der Waals surface area contributed by atoms with Gasteiger partial charge < -0.3 is 15.0 Å². The molecule has 1 amide bonds. The number of anilines is 1. The third kappa shape index (κ3) is 4.03. The minimum absolute atomic E-state index is 0.0211. The summed E-state index contributed by atoms with van der Waals surface area (Å²) >= 11 is 1.43. The lowest BCUT2D eigenvalue weighted by atomic mass is 10.2. The third-order valence-electron chi connectivity index (χ3n) is 3.02. The predicted octanol–water partition coefficient (Wildman–Crippen LogP) is 1.91. The lowest BCUT2D eigenvalue weighted by Gasteiger charge is -2.35. The van der Waals surface area contributed by atoms with E-state index in [1.165, 1.54) is 17.5 Å². The summed E-state index contributed by atoms with van der Waals surface area (Å²) < 4.78 is 5.59. The van der Waals surface area contributed by atoms with Crippen LogP contribution in [0.4, 0.5) is 5.13 Å². The normalized spacial score (nSPS) is 22.8. The molecule has 1 aromatic heterocycles. The molecule has 0 bridgehead atoms. The van der Waals surface area contributed by atoms with Crippen LogP contribution < -0.4 is 5.32 Å². The van der Waals surface area contributed by atoms with Crippen LogP contribution in [0.1, 0.15) is 19.5 Å². The van der Waals surface area contributed by atoms with Crippen LogP contribution in [0, 0.1) is 18.3 Å². The number of nitrogens with zero attached hydrogens (tertiary/aromatic N) is 3. The summed E-state index contributed by atoms with van der Waals surface area (Å²) in [5.41, 5.74) is 0.973. The van der Waals surface area contributed by atoms with Crippen LogP contribution in [0.25, 0.3) is 0 Å². The molecule has 112 valence electrons. The van der Waals surface area contributed by atoms with E-state index in [1.54, 1.807) is 4.90 Å². The molecule has 2 heterocycles. The van der Waals surface area contributed by atoms with E-state index >= 15 is 0 Å². The minimum Gasteiger partial charge on any atom is -0.372 e. The summed E-state index contributed by atoms with van der Waals surface area (Å²) in [6, 6.07) is 1.95. The molecule has 0 radical (unpaired) electrons. The van der Waals surface area contributed by atoms with Gasteiger partial charge in [0.05, 0.1) is 17.9 Å². The zero-order valence-corrected chi connectivity index (χ0v) is 13.1. The Kier molecular flexibility index (Phi) is 4.94. The van der Waals surface area contributed by atoms with Crippen LogP contribution in [0.15, 0.2) is 17.2 Å². The van der Waals surface area contributed by atoms with E-state index in [0.29, 0.717) is 18.2 Å². The lowest BCUT2D eigenvalue weighted by Crippen LogP contribution is -2.48. The second-order valence-corrected chi connectivity index (χ2v) is 5.93. The van der Waals surface area contributed by atoms with Crippen molar-refractivity contribution in [3.8, 4) is 6.07 Å². The Hall–Kier alpha value is -1.91. The number of nitriles is 1. The summed E-state index contributed by atoms with van der Waals surface area (Å²) in [5, 5.41) is 14.7. The van der Waals surface area contributed by atoms with Crippen molar-refractivity contribution in [2.75, 3.05) is 18.4 Å². The molecule has 1 N–H and O–H groups in total. The van der Waals surface area contributed by atoms with Gasteiger partial charge in [0.1, 0.15) is 11.6 Å². The van der Waals surface area contributed by atoms with E-state index in [1.807, 2.05) is 32.2 Å². The van der Waals surface area contributed by atoms with E-state index in [9.17, 15) is 10.1 Å². The topological polar surface area (TPSA) is 78.2 Å². The van der Waals surface area contributed by atoms with Gasteiger partial charge in [-0.3, -0.25) is 4.79 Å². The van der Waals surface area contributed by atoms with Crippen molar-refractivity contribution in [3.05, 3.63) is 22.8 Å². The molecule has 0 aliphatic carbocycles. The van der Waals surface area contributed by atoms with Gasteiger partial charge in [-0.1, -0.05) is 0 Å². The molecule has 1 aliphatic rings. The summed E-state index contributed by atoms with van der Waals surface area (Å²) in [4.78, 5) is 18.2. The largest absolute Gasteiger partial charge is 0.372 e. The van der Waals surface area contributed by atoms with Gasteiger partial charge in [-0.25, -0.2) is 4.98 Å². The Morgan fingerprint density at radius 1 is 1.57 bits per heavy atom. The maximum atomic E-state index is 12.4. The van der Waals surface area contributed by atoms with Gasteiger partial charge in [0, 0.05) is 24.7 Å². The van der Waals surface area contributed by atoms with Crippen LogP contribution in [-0.4, -0.2) is 41.1 Å². The molecule has 1 fully saturated rings. The summed E-state index contributed by atoms with van der Waals surface area (Å²) in [6.07, 6.45) is 1.38. The van der Waals surface area contributed by atoms with E-state index in [0.717, 1.165) is 5.69 Å². The van der Waals surface area contributed by atoms with Crippen LogP contribution in [-0.2, 0) is 9.53 Å². The Labute approximate surface area is 128 Å². The number of morpholine rings is 1. The zero-order valence-electron chi connectivity index (χ0n) is 12.3.